The van der Waals surface area contributed by atoms with Crippen molar-refractivity contribution in [2.45, 2.75) is 0 Å². The molecule has 0 atom stereocenters. The summed E-state index contributed by atoms with van der Waals surface area (Å²) in [6.45, 7) is 0. The minimum Gasteiger partial charge on any atom is -0.456 e. The van der Waals surface area contributed by atoms with E-state index in [0.29, 0.717) is 0 Å². The third-order valence-corrected chi connectivity index (χ3v) is 12.0. The van der Waals surface area contributed by atoms with Crippen molar-refractivity contribution in [3.05, 3.63) is 182 Å². The van der Waals surface area contributed by atoms with Crippen molar-refractivity contribution < 1.29 is 4.42 Å². The molecule has 0 aliphatic rings. The lowest BCUT2D eigenvalue weighted by Gasteiger charge is -2.13. The molecule has 0 aliphatic carbocycles. The second kappa shape index (κ2) is 10.6. The summed E-state index contributed by atoms with van der Waals surface area (Å²) in [7, 11) is 0. The van der Waals surface area contributed by atoms with Crippen molar-refractivity contribution in [2.75, 3.05) is 0 Å². The van der Waals surface area contributed by atoms with E-state index in [1.165, 1.54) is 87.4 Å². The molecule has 0 fully saturated rings. The Morgan fingerprint density at radius 1 is 0.345 bits per heavy atom. The normalized spacial score (nSPS) is 12.4. The van der Waals surface area contributed by atoms with Crippen LogP contribution in [-0.4, -0.2) is 8.97 Å². The Hall–Kier alpha value is -7.36. The Balaban J connectivity index is 1.19. The van der Waals surface area contributed by atoms with Gasteiger partial charge in [-0.1, -0.05) is 133 Å². The first-order valence-electron chi connectivity index (χ1n) is 18.9. The number of hydrogen-bond acceptors (Lipinski definition) is 1. The summed E-state index contributed by atoms with van der Waals surface area (Å²) in [5.41, 5.74) is 13.7. The second-order valence-electron chi connectivity index (χ2n) is 14.9. The van der Waals surface area contributed by atoms with Crippen LogP contribution in [0.4, 0.5) is 0 Å². The minimum absolute atomic E-state index is 0.883. The number of hydrogen-bond donors (Lipinski definition) is 0. The van der Waals surface area contributed by atoms with Crippen LogP contribution in [0.1, 0.15) is 0 Å². The molecule has 0 radical (unpaired) electrons. The average molecular weight is 699 g/mol. The van der Waals surface area contributed by atoms with E-state index < -0.39 is 0 Å². The first-order chi connectivity index (χ1) is 27.3. The van der Waals surface area contributed by atoms with Gasteiger partial charge in [0.1, 0.15) is 11.2 Å². The fourth-order valence-electron chi connectivity index (χ4n) is 9.65. The molecule has 0 amide bonds. The Morgan fingerprint density at radius 3 is 1.93 bits per heavy atom. The molecular formula is C52H30N2O. The molecule has 254 valence electrons. The molecule has 13 aromatic rings. The van der Waals surface area contributed by atoms with Crippen LogP contribution in [-0.2, 0) is 0 Å². The van der Waals surface area contributed by atoms with Crippen molar-refractivity contribution in [3.63, 3.8) is 0 Å². The molecule has 4 aromatic heterocycles. The highest BCUT2D eigenvalue weighted by Gasteiger charge is 2.25. The van der Waals surface area contributed by atoms with Gasteiger partial charge in [-0.25, -0.2) is 0 Å². The number of para-hydroxylation sites is 3. The lowest BCUT2D eigenvalue weighted by molar-refractivity contribution is 0.668. The molecular weight excluding hydrogens is 669 g/mol. The molecule has 0 saturated heterocycles. The van der Waals surface area contributed by atoms with Gasteiger partial charge in [0.25, 0.3) is 0 Å². The van der Waals surface area contributed by atoms with Crippen LogP contribution in [0, 0.1) is 0 Å². The number of fused-ring (bicyclic) bond motifs is 14. The number of nitrogens with zero attached hydrogens (tertiary/aromatic N) is 2. The summed E-state index contributed by atoms with van der Waals surface area (Å²) in [4.78, 5) is 0. The highest BCUT2D eigenvalue weighted by atomic mass is 16.3. The van der Waals surface area contributed by atoms with Crippen LogP contribution in [0.2, 0.25) is 0 Å². The molecule has 0 bridgehead atoms. The summed E-state index contributed by atoms with van der Waals surface area (Å²) in [5, 5.41) is 12.3. The van der Waals surface area contributed by atoms with Gasteiger partial charge in [-0.05, 0) is 75.5 Å². The van der Waals surface area contributed by atoms with Crippen molar-refractivity contribution in [3.8, 4) is 27.9 Å². The topological polar surface area (TPSA) is 22.5 Å². The third kappa shape index (κ3) is 3.89. The highest BCUT2D eigenvalue weighted by molar-refractivity contribution is 6.36. The highest BCUT2D eigenvalue weighted by Crippen LogP contribution is 2.48. The molecule has 0 aliphatic heterocycles. The standard InChI is InChI=1S/C52H30N2O/c1-2-12-31(13-3-1)34-24-25-37-42-30-46-50(51-39-17-7-10-20-44(39)54(52(42)51)45(37)27-34)38-16-6-9-19-43(38)53(46)36-28-41(35-23-22-32-14-4-5-15-33(32)26-35)49-40-18-8-11-21-47(40)55-48(49)29-36/h1-30H. The summed E-state index contributed by atoms with van der Waals surface area (Å²) >= 11 is 0. The zero-order valence-electron chi connectivity index (χ0n) is 29.6. The molecule has 13 rings (SSSR count). The molecule has 0 N–H and O–H groups in total. The fraction of sp³-hybridized carbons (Fsp3) is 0. The maximum Gasteiger partial charge on any atom is 0.138 e. The van der Waals surface area contributed by atoms with E-state index in [0.717, 1.165) is 33.2 Å². The second-order valence-corrected chi connectivity index (χ2v) is 14.9. The van der Waals surface area contributed by atoms with Gasteiger partial charge in [-0.2, -0.15) is 0 Å². The van der Waals surface area contributed by atoms with Crippen LogP contribution < -0.4 is 0 Å². The zero-order valence-corrected chi connectivity index (χ0v) is 29.6. The first kappa shape index (κ1) is 29.1. The molecule has 9 aromatic carbocycles. The Morgan fingerprint density at radius 2 is 1.05 bits per heavy atom. The Kier molecular flexibility index (Phi) is 5.63. The molecule has 4 heterocycles. The molecule has 0 saturated carbocycles. The summed E-state index contributed by atoms with van der Waals surface area (Å²) in [6.07, 6.45) is 0. The first-order valence-corrected chi connectivity index (χ1v) is 18.9. The van der Waals surface area contributed by atoms with Gasteiger partial charge in [0.05, 0.1) is 33.3 Å². The quantitative estimate of drug-likeness (QED) is 0.180. The van der Waals surface area contributed by atoms with E-state index in [2.05, 4.69) is 191 Å². The smallest absolute Gasteiger partial charge is 0.138 e. The maximum atomic E-state index is 6.71. The minimum atomic E-state index is 0.883. The molecule has 3 nitrogen and oxygen atoms in total. The molecule has 0 unspecified atom stereocenters. The van der Waals surface area contributed by atoms with Gasteiger partial charge in [0.15, 0.2) is 0 Å². The number of rotatable bonds is 3. The van der Waals surface area contributed by atoms with E-state index in [9.17, 15) is 0 Å². The summed E-state index contributed by atoms with van der Waals surface area (Å²) in [5.74, 6) is 0. The predicted octanol–water partition coefficient (Wildman–Crippen LogP) is 14.3. The van der Waals surface area contributed by atoms with Crippen molar-refractivity contribution in [2.24, 2.45) is 0 Å². The third-order valence-electron chi connectivity index (χ3n) is 12.0. The summed E-state index contributed by atoms with van der Waals surface area (Å²) in [6, 6.07) is 66.4. The SMILES string of the molecule is c1ccc(-c2ccc3c4cc5c(c6ccccc6n5-c5cc(-c6ccc7ccccc7c6)c6c(c5)oc5ccccc56)c5c6ccccc6n(c3c2)c45)cc1. The average Bonchev–Trinajstić information content (AvgIpc) is 3.98. The van der Waals surface area contributed by atoms with E-state index in [1.54, 1.807) is 0 Å². The van der Waals surface area contributed by atoms with Gasteiger partial charge >= 0.3 is 0 Å². The van der Waals surface area contributed by atoms with Crippen molar-refractivity contribution >= 4 is 92.6 Å². The van der Waals surface area contributed by atoms with Gasteiger partial charge in [0, 0.05) is 49.2 Å². The lowest BCUT2D eigenvalue weighted by atomic mass is 9.96. The Bertz CT molecular complexity index is 3710. The molecule has 3 heteroatoms. The fourth-order valence-corrected chi connectivity index (χ4v) is 9.65. The van der Waals surface area contributed by atoms with Gasteiger partial charge in [-0.3, -0.25) is 0 Å². The predicted molar refractivity (Wildman–Crippen MR) is 231 cm³/mol. The number of aromatic nitrogens is 2. The van der Waals surface area contributed by atoms with E-state index in [4.69, 9.17) is 4.42 Å². The van der Waals surface area contributed by atoms with Crippen LogP contribution in [0.3, 0.4) is 0 Å². The van der Waals surface area contributed by atoms with Crippen LogP contribution in [0.5, 0.6) is 0 Å². The molecule has 0 spiro atoms. The monoisotopic (exact) mass is 698 g/mol. The van der Waals surface area contributed by atoms with E-state index >= 15 is 0 Å². The van der Waals surface area contributed by atoms with Crippen molar-refractivity contribution in [1.29, 1.82) is 0 Å². The van der Waals surface area contributed by atoms with E-state index in [-0.39, 0.29) is 0 Å². The Labute approximate surface area is 314 Å². The zero-order chi connectivity index (χ0) is 35.8. The number of furan rings is 1. The van der Waals surface area contributed by atoms with Crippen LogP contribution >= 0.6 is 0 Å². The maximum absolute atomic E-state index is 6.71. The lowest BCUT2D eigenvalue weighted by Crippen LogP contribution is -1.95. The van der Waals surface area contributed by atoms with Crippen LogP contribution in [0.15, 0.2) is 186 Å². The van der Waals surface area contributed by atoms with Gasteiger partial charge in [-0.15, -0.1) is 0 Å². The van der Waals surface area contributed by atoms with Gasteiger partial charge in [0.2, 0.25) is 0 Å². The van der Waals surface area contributed by atoms with Gasteiger partial charge < -0.3 is 13.4 Å². The molecule has 55 heavy (non-hydrogen) atoms. The van der Waals surface area contributed by atoms with Crippen LogP contribution in [0.25, 0.3) is 121 Å². The number of benzene rings is 9. The van der Waals surface area contributed by atoms with E-state index in [1.807, 2.05) is 0 Å². The largest absolute Gasteiger partial charge is 0.456 e. The summed E-state index contributed by atoms with van der Waals surface area (Å²) < 4.78 is 11.7. The van der Waals surface area contributed by atoms with Crippen molar-refractivity contribution in [1.82, 2.24) is 8.97 Å².